The summed E-state index contributed by atoms with van der Waals surface area (Å²) in [5.74, 6) is 6.99. The molecule has 2 fully saturated rings. The van der Waals surface area contributed by atoms with E-state index in [2.05, 4.69) is 119 Å². The average Bonchev–Trinajstić information content (AvgIpc) is 1.69. The number of nitrogens with zero attached hydrogens (tertiary/aromatic N) is 16. The SMILES string of the molecule is CN(C)C=Nc1ncnc2c1c(C#CCNC(=O)C(F)(F)F)cn2C1CC(OCN=[N+]=[N-])C(CO)O1.CN(C)C=Nc1ncnc2c1c(C#CCNC(=O)C(F)(F)F)cn2C1CC(OCN=[N+]=[N-])C(CO[Si](c2ccccc2)(c2ccccc2)C(C)(C)C)O1. The van der Waals surface area contributed by atoms with Crippen LogP contribution in [0.2, 0.25) is 5.04 Å². The molecule has 470 valence electrons. The first-order valence-electron chi connectivity index (χ1n) is 27.1. The number of alkyl halides is 6. The third kappa shape index (κ3) is 16.9. The number of fused-ring (bicyclic) bond motifs is 2. The van der Waals surface area contributed by atoms with E-state index < -0.39 is 82.4 Å². The van der Waals surface area contributed by atoms with Gasteiger partial charge in [-0.05, 0) is 26.5 Å². The number of rotatable bonds is 20. The van der Waals surface area contributed by atoms with Gasteiger partial charge in [0.1, 0.15) is 62.1 Å². The number of carbonyl (C=O) groups is 2. The summed E-state index contributed by atoms with van der Waals surface area (Å²) in [4.78, 5) is 57.3. The predicted molar refractivity (Wildman–Crippen MR) is 316 cm³/mol. The van der Waals surface area contributed by atoms with Crippen molar-refractivity contribution < 1.29 is 64.4 Å². The molecular formula is C56H62F6N18O8Si. The van der Waals surface area contributed by atoms with E-state index in [1.54, 1.807) is 76.5 Å². The summed E-state index contributed by atoms with van der Waals surface area (Å²) in [5, 5.41) is 22.8. The van der Waals surface area contributed by atoms with Gasteiger partial charge < -0.3 is 58.0 Å². The molecule has 2 amide bonds. The number of carbonyl (C=O) groups excluding carboxylic acids is 2. The molecule has 8 rings (SSSR count). The molecule has 2 saturated heterocycles. The van der Waals surface area contributed by atoms with Crippen LogP contribution in [0, 0.1) is 23.7 Å². The molecule has 6 heterocycles. The lowest BCUT2D eigenvalue weighted by Crippen LogP contribution is -2.67. The van der Waals surface area contributed by atoms with E-state index in [1.807, 2.05) is 36.4 Å². The minimum Gasteiger partial charge on any atom is -0.405 e. The zero-order valence-corrected chi connectivity index (χ0v) is 50.1. The van der Waals surface area contributed by atoms with Crippen molar-refractivity contribution in [2.75, 3.05) is 68.0 Å². The number of ether oxygens (including phenoxy) is 4. The second-order valence-electron chi connectivity index (χ2n) is 21.1. The quantitative estimate of drug-likeness (QED) is 0.0103. The number of aromatic nitrogens is 6. The van der Waals surface area contributed by atoms with Crippen LogP contribution < -0.4 is 21.0 Å². The number of aliphatic imine (C=N–C) groups is 2. The number of hydrogen-bond donors (Lipinski definition) is 3. The molecule has 2 aromatic carbocycles. The molecule has 4 aromatic heterocycles. The molecule has 0 aliphatic carbocycles. The number of nitrogens with one attached hydrogen (secondary N) is 2. The van der Waals surface area contributed by atoms with Gasteiger partial charge >= 0.3 is 24.2 Å². The van der Waals surface area contributed by atoms with Crippen molar-refractivity contribution in [3.05, 3.63) is 118 Å². The Balaban J connectivity index is 0.000000273. The number of amides is 2. The molecule has 2 aliphatic rings. The lowest BCUT2D eigenvalue weighted by molar-refractivity contribution is -0.173. The van der Waals surface area contributed by atoms with Gasteiger partial charge in [0.25, 0.3) is 8.32 Å². The summed E-state index contributed by atoms with van der Waals surface area (Å²) < 4.78 is 110. The van der Waals surface area contributed by atoms with Crippen molar-refractivity contribution in [2.45, 2.75) is 87.9 Å². The van der Waals surface area contributed by atoms with Gasteiger partial charge in [-0.25, -0.2) is 29.9 Å². The number of aliphatic hydroxyl groups is 1. The highest BCUT2D eigenvalue weighted by molar-refractivity contribution is 6.99. The summed E-state index contributed by atoms with van der Waals surface area (Å²) in [7, 11) is 4.12. The highest BCUT2D eigenvalue weighted by atomic mass is 28.4. The first kappa shape index (κ1) is 67.4. The second-order valence-corrected chi connectivity index (χ2v) is 25.4. The van der Waals surface area contributed by atoms with Crippen LogP contribution in [0.3, 0.4) is 0 Å². The van der Waals surface area contributed by atoms with Crippen LogP contribution in [0.4, 0.5) is 38.0 Å². The first-order chi connectivity index (χ1) is 42.4. The molecule has 26 nitrogen and oxygen atoms in total. The number of hydrogen-bond acceptors (Lipinski definition) is 16. The smallest absolute Gasteiger partial charge is 0.405 e. The largest absolute Gasteiger partial charge is 0.471 e. The maximum Gasteiger partial charge on any atom is 0.471 e. The summed E-state index contributed by atoms with van der Waals surface area (Å²) in [5.41, 5.74) is 18.9. The van der Waals surface area contributed by atoms with E-state index in [1.165, 1.54) is 19.0 Å². The van der Waals surface area contributed by atoms with Crippen LogP contribution in [0.5, 0.6) is 0 Å². The molecule has 6 atom stereocenters. The van der Waals surface area contributed by atoms with Crippen molar-refractivity contribution in [3.8, 4) is 23.7 Å². The van der Waals surface area contributed by atoms with Gasteiger partial charge in [0, 0.05) is 63.2 Å². The normalized spacial score (nSPS) is 18.5. The molecule has 33 heteroatoms. The fraction of sp³-hybridized carbons (Fsp3) is 0.429. The van der Waals surface area contributed by atoms with Gasteiger partial charge in [-0.15, -0.1) is 0 Å². The summed E-state index contributed by atoms with van der Waals surface area (Å²) >= 11 is 0. The Kier molecular flexibility index (Phi) is 22.8. The van der Waals surface area contributed by atoms with Gasteiger partial charge in [-0.1, -0.05) is 115 Å². The lowest BCUT2D eigenvalue weighted by atomic mass is 10.2. The van der Waals surface area contributed by atoms with Crippen molar-refractivity contribution in [2.24, 2.45) is 20.2 Å². The number of benzene rings is 2. The lowest BCUT2D eigenvalue weighted by Gasteiger charge is -2.43. The number of halogens is 6. The molecule has 0 bridgehead atoms. The molecule has 0 radical (unpaired) electrons. The third-order valence-corrected chi connectivity index (χ3v) is 18.5. The Bertz CT molecular complexity index is 3680. The van der Waals surface area contributed by atoms with Crippen LogP contribution >= 0.6 is 0 Å². The Hall–Kier alpha value is -9.14. The minimum absolute atomic E-state index is 0.142. The monoisotopic (exact) mass is 1260 g/mol. The highest BCUT2D eigenvalue weighted by Gasteiger charge is 2.52. The zero-order chi connectivity index (χ0) is 64.5. The molecular weight excluding hydrogens is 1190 g/mol. The highest BCUT2D eigenvalue weighted by Crippen LogP contribution is 2.41. The maximum atomic E-state index is 12.7. The maximum absolute atomic E-state index is 12.7. The Morgan fingerprint density at radius 3 is 1.51 bits per heavy atom. The fourth-order valence-electron chi connectivity index (χ4n) is 9.72. The van der Waals surface area contributed by atoms with Gasteiger partial charge in [0.2, 0.25) is 0 Å². The number of aliphatic hydroxyl groups excluding tert-OH is 1. The van der Waals surface area contributed by atoms with Gasteiger partial charge in [0.15, 0.2) is 11.6 Å². The van der Waals surface area contributed by atoms with Crippen LogP contribution in [-0.4, -0.2) is 182 Å². The Labute approximate surface area is 506 Å². The van der Waals surface area contributed by atoms with Crippen molar-refractivity contribution in [3.63, 3.8) is 0 Å². The predicted octanol–water partition coefficient (Wildman–Crippen LogP) is 6.82. The zero-order valence-electron chi connectivity index (χ0n) is 49.1. The van der Waals surface area contributed by atoms with Gasteiger partial charge in [-0.3, -0.25) is 9.59 Å². The molecule has 6 unspecified atom stereocenters. The van der Waals surface area contributed by atoms with Crippen LogP contribution in [-0.2, 0) is 33.0 Å². The molecule has 89 heavy (non-hydrogen) atoms. The van der Waals surface area contributed by atoms with E-state index in [9.17, 15) is 41.0 Å². The van der Waals surface area contributed by atoms with Crippen molar-refractivity contribution in [1.29, 1.82) is 0 Å². The minimum atomic E-state index is -5.03. The Morgan fingerprint density at radius 1 is 0.708 bits per heavy atom. The molecule has 0 saturated carbocycles. The molecule has 6 aromatic rings. The van der Waals surface area contributed by atoms with Crippen molar-refractivity contribution in [1.82, 2.24) is 49.5 Å². The van der Waals surface area contributed by atoms with E-state index in [0.717, 1.165) is 10.4 Å². The van der Waals surface area contributed by atoms with Gasteiger partial charge in [-0.2, -0.15) is 26.3 Å². The second kappa shape index (κ2) is 30.2. The summed E-state index contributed by atoms with van der Waals surface area (Å²) in [6, 6.07) is 20.3. The standard InChI is InChI=1S/C36H40F3N9O4Si.C20H22F3N9O4/c1-35(2,3)53(26-14-8-6-9-15-26,27-16-10-7-11-17-27)51-21-29-28(50-24-45-46-40)19-30(52-29)48-20-25(13-12-18-41-34(49)36(37,38)39)31-32(44-23-47(4)5)42-22-43-33(31)48;1-31(2)10-28-17-16-12(4-3-5-25-19(34)20(21,22)23)7-32(18(16)27-9-26-17)15-6-13(14(8-33)36-15)35-11-29-30-24/h6-11,14-17,20,22-23,28-30H,18-19,21,24H2,1-5H3,(H,41,49);7,9-10,13-15,33H,5-6,8,11H2,1-2H3,(H,25,34). The fourth-order valence-corrected chi connectivity index (χ4v) is 14.3. The summed E-state index contributed by atoms with van der Waals surface area (Å²) in [6.07, 6.45) is -4.38. The summed E-state index contributed by atoms with van der Waals surface area (Å²) in [6.45, 7) is 4.74. The first-order valence-corrected chi connectivity index (χ1v) is 29.0. The van der Waals surface area contributed by atoms with Crippen LogP contribution in [0.15, 0.2) is 106 Å². The number of azide groups is 2. The average molecular weight is 1260 g/mol. The van der Waals surface area contributed by atoms with Crippen molar-refractivity contribution >= 4 is 76.9 Å². The van der Waals surface area contributed by atoms with E-state index >= 15 is 0 Å². The molecule has 0 spiro atoms. The van der Waals surface area contributed by atoms with Gasteiger partial charge in [0.05, 0.1) is 73.1 Å². The van der Waals surface area contributed by atoms with Crippen LogP contribution in [0.1, 0.15) is 57.2 Å². The third-order valence-electron chi connectivity index (χ3n) is 13.5. The van der Waals surface area contributed by atoms with Crippen LogP contribution in [0.25, 0.3) is 43.0 Å². The molecule has 2 aliphatic heterocycles. The topological polar surface area (TPSA) is 315 Å². The Morgan fingerprint density at radius 2 is 1.12 bits per heavy atom. The van der Waals surface area contributed by atoms with E-state index in [-0.39, 0.29) is 49.8 Å². The van der Waals surface area contributed by atoms with E-state index in [0.29, 0.717) is 39.6 Å². The van der Waals surface area contributed by atoms with E-state index in [4.69, 9.17) is 34.4 Å². The molecule has 3 N–H and O–H groups in total.